The van der Waals surface area contributed by atoms with Gasteiger partial charge in [0, 0.05) is 32.3 Å². The zero-order valence-corrected chi connectivity index (χ0v) is 16.8. The molecule has 0 amide bonds. The van der Waals surface area contributed by atoms with Crippen molar-refractivity contribution >= 4 is 8.80 Å². The standard InChI is InChI=1S/C16H34N4O3Si/c1-5-9-10-11-13-16-17-19-20(18-16)14-12-15-24(21-6-2,22-7-3)23-8-4/h5-15H2,1-4H3. The predicted molar refractivity (Wildman–Crippen MR) is 95.7 cm³/mol. The van der Waals surface area contributed by atoms with Crippen LogP contribution in [0.15, 0.2) is 0 Å². The third-order valence-corrected chi connectivity index (χ3v) is 6.83. The molecule has 0 aliphatic rings. The van der Waals surface area contributed by atoms with Crippen LogP contribution in [0.1, 0.15) is 65.6 Å². The van der Waals surface area contributed by atoms with Gasteiger partial charge in [0.1, 0.15) is 0 Å². The Morgan fingerprint density at radius 1 is 0.875 bits per heavy atom. The van der Waals surface area contributed by atoms with E-state index >= 15 is 0 Å². The molecule has 0 aromatic carbocycles. The minimum atomic E-state index is -2.56. The number of rotatable bonds is 15. The second-order valence-electron chi connectivity index (χ2n) is 5.70. The summed E-state index contributed by atoms with van der Waals surface area (Å²) >= 11 is 0. The van der Waals surface area contributed by atoms with Gasteiger partial charge in [-0.3, -0.25) is 0 Å². The average Bonchev–Trinajstić information content (AvgIpc) is 3.00. The number of hydrogen-bond acceptors (Lipinski definition) is 6. The van der Waals surface area contributed by atoms with E-state index in [1.807, 2.05) is 20.8 Å². The molecule has 0 aliphatic carbocycles. The van der Waals surface area contributed by atoms with Crippen molar-refractivity contribution in [3.05, 3.63) is 5.82 Å². The summed E-state index contributed by atoms with van der Waals surface area (Å²) < 4.78 is 17.6. The first-order valence-electron chi connectivity index (χ1n) is 9.38. The highest BCUT2D eigenvalue weighted by Gasteiger charge is 2.39. The molecule has 0 bridgehead atoms. The maximum absolute atomic E-state index is 5.86. The van der Waals surface area contributed by atoms with Crippen LogP contribution in [-0.4, -0.2) is 48.8 Å². The number of aryl methyl sites for hydroxylation is 2. The summed E-state index contributed by atoms with van der Waals surface area (Å²) in [6.45, 7) is 10.7. The van der Waals surface area contributed by atoms with Crippen LogP contribution in [0.5, 0.6) is 0 Å². The summed E-state index contributed by atoms with van der Waals surface area (Å²) in [4.78, 5) is 1.68. The minimum Gasteiger partial charge on any atom is -0.374 e. The van der Waals surface area contributed by atoms with Gasteiger partial charge in [0.2, 0.25) is 0 Å². The van der Waals surface area contributed by atoms with Crippen molar-refractivity contribution in [2.45, 2.75) is 78.8 Å². The van der Waals surface area contributed by atoms with Gasteiger partial charge in [-0.15, -0.1) is 10.2 Å². The van der Waals surface area contributed by atoms with Crippen LogP contribution in [0.25, 0.3) is 0 Å². The van der Waals surface area contributed by atoms with Crippen molar-refractivity contribution in [1.29, 1.82) is 0 Å². The van der Waals surface area contributed by atoms with Crippen molar-refractivity contribution in [1.82, 2.24) is 20.2 Å². The van der Waals surface area contributed by atoms with Gasteiger partial charge in [-0.05, 0) is 38.8 Å². The van der Waals surface area contributed by atoms with E-state index in [-0.39, 0.29) is 0 Å². The topological polar surface area (TPSA) is 71.3 Å². The average molecular weight is 359 g/mol. The Balaban J connectivity index is 2.42. The van der Waals surface area contributed by atoms with Crippen molar-refractivity contribution in [2.75, 3.05) is 19.8 Å². The normalized spacial score (nSPS) is 12.0. The molecule has 1 rings (SSSR count). The maximum Gasteiger partial charge on any atom is 0.500 e. The fraction of sp³-hybridized carbons (Fsp3) is 0.938. The minimum absolute atomic E-state index is 0.607. The second kappa shape index (κ2) is 12.5. The van der Waals surface area contributed by atoms with Crippen molar-refractivity contribution in [2.24, 2.45) is 0 Å². The van der Waals surface area contributed by atoms with Gasteiger partial charge in [0.25, 0.3) is 0 Å². The Labute approximate surface area is 147 Å². The molecule has 0 atom stereocenters. The van der Waals surface area contributed by atoms with Gasteiger partial charge in [0.05, 0.1) is 6.54 Å². The maximum atomic E-state index is 5.86. The molecule has 0 radical (unpaired) electrons. The fourth-order valence-electron chi connectivity index (χ4n) is 2.62. The lowest BCUT2D eigenvalue weighted by atomic mass is 10.1. The molecule has 0 N–H and O–H groups in total. The molecule has 1 aromatic rings. The highest BCUT2D eigenvalue weighted by molar-refractivity contribution is 6.60. The molecule has 0 unspecified atom stereocenters. The summed E-state index contributed by atoms with van der Waals surface area (Å²) in [6.07, 6.45) is 6.65. The smallest absolute Gasteiger partial charge is 0.374 e. The Bertz CT molecular complexity index is 414. The SMILES string of the molecule is CCCCCCc1nnn(CCC[Si](OCC)(OCC)OCC)n1. The molecule has 0 saturated carbocycles. The summed E-state index contributed by atoms with van der Waals surface area (Å²) in [5.74, 6) is 0.842. The van der Waals surface area contributed by atoms with Crippen LogP contribution in [0, 0.1) is 0 Å². The lowest BCUT2D eigenvalue weighted by Gasteiger charge is -2.28. The van der Waals surface area contributed by atoms with Crippen molar-refractivity contribution in [3.8, 4) is 0 Å². The summed E-state index contributed by atoms with van der Waals surface area (Å²) in [7, 11) is -2.56. The van der Waals surface area contributed by atoms with E-state index in [1.54, 1.807) is 4.80 Å². The van der Waals surface area contributed by atoms with Crippen LogP contribution < -0.4 is 0 Å². The molecule has 1 heterocycles. The van der Waals surface area contributed by atoms with Crippen LogP contribution in [0.3, 0.4) is 0 Å². The zero-order chi connectivity index (χ0) is 17.7. The summed E-state index contributed by atoms with van der Waals surface area (Å²) in [5, 5.41) is 12.7. The van der Waals surface area contributed by atoms with Gasteiger partial charge in [0.15, 0.2) is 5.82 Å². The first-order chi connectivity index (χ1) is 11.7. The number of tetrazole rings is 1. The lowest BCUT2D eigenvalue weighted by Crippen LogP contribution is -2.46. The molecule has 8 heteroatoms. The van der Waals surface area contributed by atoms with Gasteiger partial charge in [-0.2, -0.15) is 4.80 Å². The highest BCUT2D eigenvalue weighted by atomic mass is 28.4. The molecule has 0 saturated heterocycles. The largest absolute Gasteiger partial charge is 0.500 e. The van der Waals surface area contributed by atoms with Crippen molar-refractivity contribution < 1.29 is 13.3 Å². The van der Waals surface area contributed by atoms with E-state index in [1.165, 1.54) is 19.3 Å². The van der Waals surface area contributed by atoms with Gasteiger partial charge < -0.3 is 13.3 Å². The number of unbranched alkanes of at least 4 members (excludes halogenated alkanes) is 3. The molecule has 24 heavy (non-hydrogen) atoms. The van der Waals surface area contributed by atoms with Crippen LogP contribution in [0.4, 0.5) is 0 Å². The molecule has 0 fully saturated rings. The van der Waals surface area contributed by atoms with E-state index in [9.17, 15) is 0 Å². The first kappa shape index (κ1) is 21.2. The number of aromatic nitrogens is 4. The molecule has 140 valence electrons. The Hall–Kier alpha value is -0.833. The third-order valence-electron chi connectivity index (χ3n) is 3.68. The predicted octanol–water partition coefficient (Wildman–Crippen LogP) is 3.23. The van der Waals surface area contributed by atoms with E-state index in [0.717, 1.165) is 31.1 Å². The van der Waals surface area contributed by atoms with E-state index in [2.05, 4.69) is 22.3 Å². The number of hydrogen-bond donors (Lipinski definition) is 0. The van der Waals surface area contributed by atoms with Gasteiger partial charge in [-0.1, -0.05) is 26.2 Å². The quantitative estimate of drug-likeness (QED) is 0.354. The van der Waals surface area contributed by atoms with Gasteiger partial charge >= 0.3 is 8.80 Å². The highest BCUT2D eigenvalue weighted by Crippen LogP contribution is 2.18. The third kappa shape index (κ3) is 7.83. The Kier molecular flexibility index (Phi) is 11.1. The van der Waals surface area contributed by atoms with Crippen LogP contribution in [0.2, 0.25) is 6.04 Å². The zero-order valence-electron chi connectivity index (χ0n) is 15.8. The molecule has 1 aromatic heterocycles. The molecule has 0 aliphatic heterocycles. The van der Waals surface area contributed by atoms with Crippen LogP contribution >= 0.6 is 0 Å². The van der Waals surface area contributed by atoms with Crippen molar-refractivity contribution in [3.63, 3.8) is 0 Å². The summed E-state index contributed by atoms with van der Waals surface area (Å²) in [5.41, 5.74) is 0. The molecular formula is C16H34N4O3Si. The Morgan fingerprint density at radius 3 is 2.12 bits per heavy atom. The van der Waals surface area contributed by atoms with E-state index < -0.39 is 8.80 Å². The van der Waals surface area contributed by atoms with E-state index in [0.29, 0.717) is 26.4 Å². The van der Waals surface area contributed by atoms with Gasteiger partial charge in [-0.25, -0.2) is 0 Å². The second-order valence-corrected chi connectivity index (χ2v) is 8.43. The molecular weight excluding hydrogens is 324 g/mol. The number of nitrogens with zero attached hydrogens (tertiary/aromatic N) is 4. The lowest BCUT2D eigenvalue weighted by molar-refractivity contribution is 0.0703. The molecule has 7 nitrogen and oxygen atoms in total. The fourth-order valence-corrected chi connectivity index (χ4v) is 5.21. The van der Waals surface area contributed by atoms with E-state index in [4.69, 9.17) is 13.3 Å². The Morgan fingerprint density at radius 2 is 1.54 bits per heavy atom. The summed E-state index contributed by atoms with van der Waals surface area (Å²) in [6, 6.07) is 0.774. The van der Waals surface area contributed by atoms with Crippen LogP contribution in [-0.2, 0) is 26.2 Å². The first-order valence-corrected chi connectivity index (χ1v) is 11.3. The monoisotopic (exact) mass is 358 g/mol. The molecule has 0 spiro atoms.